The lowest BCUT2D eigenvalue weighted by molar-refractivity contribution is -0.162. The van der Waals surface area contributed by atoms with Gasteiger partial charge >= 0.3 is 0 Å². The average molecular weight is 451 g/mol. The third-order valence-electron chi connectivity index (χ3n) is 6.17. The van der Waals surface area contributed by atoms with Crippen molar-refractivity contribution in [2.45, 2.75) is 57.7 Å². The Bertz CT molecular complexity index is 1120. The molecule has 0 unspecified atom stereocenters. The molecular formula is C27H34N2O4. The smallest absolute Gasteiger partial charge is 0.161 e. The van der Waals surface area contributed by atoms with Crippen molar-refractivity contribution in [1.82, 2.24) is 9.78 Å². The second-order valence-electron chi connectivity index (χ2n) is 9.83. The molecule has 0 radical (unpaired) electrons. The van der Waals surface area contributed by atoms with Gasteiger partial charge in [0, 0.05) is 11.5 Å². The van der Waals surface area contributed by atoms with Gasteiger partial charge in [-0.25, -0.2) is 4.68 Å². The van der Waals surface area contributed by atoms with Crippen LogP contribution in [0.4, 0.5) is 0 Å². The predicted octanol–water partition coefficient (Wildman–Crippen LogP) is 6.02. The van der Waals surface area contributed by atoms with Crippen LogP contribution in [0.5, 0.6) is 17.2 Å². The fourth-order valence-electron chi connectivity index (χ4n) is 5.09. The van der Waals surface area contributed by atoms with Crippen LogP contribution < -0.4 is 14.2 Å². The minimum atomic E-state index is -0.218. The molecule has 6 heteroatoms. The van der Waals surface area contributed by atoms with E-state index in [0.717, 1.165) is 41.2 Å². The molecule has 4 rings (SSSR count). The Morgan fingerprint density at radius 2 is 1.45 bits per heavy atom. The number of aromatic nitrogens is 2. The molecular weight excluding hydrogens is 416 g/mol. The van der Waals surface area contributed by atoms with E-state index in [2.05, 4.69) is 33.8 Å². The van der Waals surface area contributed by atoms with Crippen LogP contribution in [-0.4, -0.2) is 42.3 Å². The summed E-state index contributed by atoms with van der Waals surface area (Å²) in [4.78, 5) is 0. The zero-order valence-corrected chi connectivity index (χ0v) is 20.6. The van der Waals surface area contributed by atoms with Crippen molar-refractivity contribution < 1.29 is 18.9 Å². The molecule has 2 aromatic carbocycles. The zero-order chi connectivity index (χ0) is 23.8. The van der Waals surface area contributed by atoms with E-state index in [1.807, 2.05) is 47.1 Å². The van der Waals surface area contributed by atoms with Crippen LogP contribution in [0.2, 0.25) is 0 Å². The molecule has 1 saturated heterocycles. The molecule has 33 heavy (non-hydrogen) atoms. The van der Waals surface area contributed by atoms with Gasteiger partial charge in [0.1, 0.15) is 11.4 Å². The Hall–Kier alpha value is -2.99. The molecule has 6 nitrogen and oxygen atoms in total. The topological polar surface area (TPSA) is 54.7 Å². The first-order valence-corrected chi connectivity index (χ1v) is 11.3. The maximum Gasteiger partial charge on any atom is 0.161 e. The summed E-state index contributed by atoms with van der Waals surface area (Å²) in [6.45, 7) is 8.64. The number of methoxy groups -OCH3 is 3. The van der Waals surface area contributed by atoms with E-state index >= 15 is 0 Å². The van der Waals surface area contributed by atoms with Gasteiger partial charge in [-0.2, -0.15) is 5.10 Å². The largest absolute Gasteiger partial charge is 0.494 e. The maximum absolute atomic E-state index is 6.33. The molecule has 0 spiro atoms. The molecule has 1 aromatic heterocycles. The lowest BCUT2D eigenvalue weighted by Gasteiger charge is -2.45. The SMILES string of the molecule is COc1ccc(-c2cc(C3CC(C)(C)OC(C)(C)C3)nn2-c2ccccc2OC)cc1OC. The van der Waals surface area contributed by atoms with E-state index in [4.69, 9.17) is 24.0 Å². The van der Waals surface area contributed by atoms with Gasteiger partial charge in [-0.1, -0.05) is 12.1 Å². The highest BCUT2D eigenvalue weighted by Gasteiger charge is 2.41. The summed E-state index contributed by atoms with van der Waals surface area (Å²) in [5.74, 6) is 2.41. The monoisotopic (exact) mass is 450 g/mol. The molecule has 1 aliphatic rings. The number of benzene rings is 2. The lowest BCUT2D eigenvalue weighted by Crippen LogP contribution is -2.44. The van der Waals surface area contributed by atoms with Crippen LogP contribution in [0.25, 0.3) is 16.9 Å². The summed E-state index contributed by atoms with van der Waals surface area (Å²) in [5.41, 5.74) is 3.46. The van der Waals surface area contributed by atoms with Crippen molar-refractivity contribution in [3.63, 3.8) is 0 Å². The van der Waals surface area contributed by atoms with Crippen molar-refractivity contribution in [2.24, 2.45) is 0 Å². The Morgan fingerprint density at radius 3 is 2.09 bits per heavy atom. The lowest BCUT2D eigenvalue weighted by atomic mass is 9.79. The molecule has 3 aromatic rings. The quantitative estimate of drug-likeness (QED) is 0.460. The minimum Gasteiger partial charge on any atom is -0.494 e. The molecule has 0 bridgehead atoms. The molecule has 0 atom stereocenters. The zero-order valence-electron chi connectivity index (χ0n) is 20.6. The number of ether oxygens (including phenoxy) is 4. The van der Waals surface area contributed by atoms with E-state index in [1.54, 1.807) is 21.3 Å². The van der Waals surface area contributed by atoms with Crippen LogP contribution >= 0.6 is 0 Å². The highest BCUT2D eigenvalue weighted by Crippen LogP contribution is 2.44. The second-order valence-corrected chi connectivity index (χ2v) is 9.83. The first-order valence-electron chi connectivity index (χ1n) is 11.3. The highest BCUT2D eigenvalue weighted by atomic mass is 16.5. The maximum atomic E-state index is 6.33. The van der Waals surface area contributed by atoms with Crippen molar-refractivity contribution in [3.8, 4) is 34.2 Å². The standard InChI is InChI=1S/C27H34N2O4/c1-26(2)16-19(17-27(3,4)33-26)20-15-22(18-12-13-24(31-6)25(14-18)32-7)29(28-20)21-10-8-9-11-23(21)30-5/h8-15,19H,16-17H2,1-7H3. The van der Waals surface area contributed by atoms with Crippen LogP contribution in [0.15, 0.2) is 48.5 Å². The average Bonchev–Trinajstić information content (AvgIpc) is 3.22. The summed E-state index contributed by atoms with van der Waals surface area (Å²) in [6, 6.07) is 16.1. The van der Waals surface area contributed by atoms with Crippen LogP contribution in [0.1, 0.15) is 52.1 Å². The van der Waals surface area contributed by atoms with E-state index in [9.17, 15) is 0 Å². The molecule has 0 N–H and O–H groups in total. The van der Waals surface area contributed by atoms with Gasteiger partial charge in [-0.15, -0.1) is 0 Å². The Morgan fingerprint density at radius 1 is 0.818 bits per heavy atom. The molecule has 0 amide bonds. The normalized spacial score (nSPS) is 17.5. The first-order chi connectivity index (χ1) is 15.7. The number of nitrogens with zero attached hydrogens (tertiary/aromatic N) is 2. The van der Waals surface area contributed by atoms with Crippen LogP contribution in [0, 0.1) is 0 Å². The van der Waals surface area contributed by atoms with Gasteiger partial charge in [-0.3, -0.25) is 0 Å². The fraction of sp³-hybridized carbons (Fsp3) is 0.444. The van der Waals surface area contributed by atoms with Crippen LogP contribution in [-0.2, 0) is 4.74 Å². The molecule has 2 heterocycles. The van der Waals surface area contributed by atoms with Gasteiger partial charge in [0.15, 0.2) is 11.5 Å². The molecule has 1 fully saturated rings. The third-order valence-corrected chi connectivity index (χ3v) is 6.17. The molecule has 1 aliphatic heterocycles. The second kappa shape index (κ2) is 8.75. The van der Waals surface area contributed by atoms with E-state index in [1.165, 1.54) is 0 Å². The van der Waals surface area contributed by atoms with E-state index < -0.39 is 0 Å². The van der Waals surface area contributed by atoms with Gasteiger partial charge in [0.2, 0.25) is 0 Å². The van der Waals surface area contributed by atoms with E-state index in [0.29, 0.717) is 11.5 Å². The summed E-state index contributed by atoms with van der Waals surface area (Å²) in [5, 5.41) is 5.13. The predicted molar refractivity (Wildman–Crippen MR) is 130 cm³/mol. The van der Waals surface area contributed by atoms with Gasteiger partial charge in [-0.05, 0) is 76.9 Å². The van der Waals surface area contributed by atoms with Gasteiger partial charge in [0.05, 0.1) is 43.9 Å². The van der Waals surface area contributed by atoms with E-state index in [-0.39, 0.29) is 17.1 Å². The first kappa shape index (κ1) is 23.2. The summed E-state index contributed by atoms with van der Waals surface area (Å²) in [7, 11) is 4.98. The van der Waals surface area contributed by atoms with Crippen LogP contribution in [0.3, 0.4) is 0 Å². The molecule has 0 aliphatic carbocycles. The number of rotatable bonds is 6. The Labute approximate surface area is 196 Å². The van der Waals surface area contributed by atoms with Crippen molar-refractivity contribution >= 4 is 0 Å². The van der Waals surface area contributed by atoms with Gasteiger partial charge in [0.25, 0.3) is 0 Å². The number of hydrogen-bond donors (Lipinski definition) is 0. The Balaban J connectivity index is 1.88. The summed E-state index contributed by atoms with van der Waals surface area (Å²) < 4.78 is 25.0. The number of para-hydroxylation sites is 2. The highest BCUT2D eigenvalue weighted by molar-refractivity contribution is 5.68. The molecule has 0 saturated carbocycles. The molecule has 176 valence electrons. The number of hydrogen-bond acceptors (Lipinski definition) is 5. The third kappa shape index (κ3) is 4.71. The summed E-state index contributed by atoms with van der Waals surface area (Å²) >= 11 is 0. The summed E-state index contributed by atoms with van der Waals surface area (Å²) in [6.07, 6.45) is 1.81. The van der Waals surface area contributed by atoms with Gasteiger partial charge < -0.3 is 18.9 Å². The van der Waals surface area contributed by atoms with Crippen molar-refractivity contribution in [3.05, 3.63) is 54.2 Å². The Kier molecular flexibility index (Phi) is 6.14. The van der Waals surface area contributed by atoms with Crippen molar-refractivity contribution in [1.29, 1.82) is 0 Å². The minimum absolute atomic E-state index is 0.218. The van der Waals surface area contributed by atoms with Crippen molar-refractivity contribution in [2.75, 3.05) is 21.3 Å². The fourth-order valence-corrected chi connectivity index (χ4v) is 5.09.